The number of hydrogen-bond donors (Lipinski definition) is 0. The number of nitrogens with zero attached hydrogens (tertiary/aromatic N) is 1. The first kappa shape index (κ1) is 11.0. The van der Waals surface area contributed by atoms with Crippen LogP contribution in [-0.2, 0) is 19.1 Å². The van der Waals surface area contributed by atoms with Crippen molar-refractivity contribution in [2.75, 3.05) is 19.8 Å². The highest BCUT2D eigenvalue weighted by Crippen LogP contribution is 2.40. The predicted molar refractivity (Wildman–Crippen MR) is 58.1 cm³/mol. The number of morpholine rings is 1. The van der Waals surface area contributed by atoms with Gasteiger partial charge in [0.15, 0.2) is 0 Å². The van der Waals surface area contributed by atoms with Crippen molar-refractivity contribution in [3.05, 3.63) is 0 Å². The van der Waals surface area contributed by atoms with Crippen molar-refractivity contribution in [2.45, 2.75) is 31.4 Å². The van der Waals surface area contributed by atoms with E-state index in [2.05, 4.69) is 0 Å². The lowest BCUT2D eigenvalue weighted by Crippen LogP contribution is -2.60. The van der Waals surface area contributed by atoms with Crippen molar-refractivity contribution in [3.8, 4) is 0 Å². The molecule has 0 aromatic rings. The van der Waals surface area contributed by atoms with Crippen LogP contribution in [0.4, 0.5) is 0 Å². The van der Waals surface area contributed by atoms with Crippen LogP contribution in [0.1, 0.15) is 19.3 Å². The fraction of sp³-hybridized carbons (Fsp3) is 0.833. The molecule has 0 N–H and O–H groups in total. The molecule has 2 aliphatic heterocycles. The number of carbonyl (C=O) groups is 2. The van der Waals surface area contributed by atoms with Crippen LogP contribution >= 0.6 is 0 Å². The number of amides is 1. The number of ether oxygens (including phenoxy) is 2. The van der Waals surface area contributed by atoms with Crippen LogP contribution < -0.4 is 0 Å². The van der Waals surface area contributed by atoms with Crippen molar-refractivity contribution in [1.29, 1.82) is 0 Å². The molecule has 1 saturated carbocycles. The zero-order chi connectivity index (χ0) is 11.8. The highest BCUT2D eigenvalue weighted by Gasteiger charge is 2.45. The second-order valence-electron chi connectivity index (χ2n) is 5.32. The number of fused-ring (bicyclic) bond motifs is 4. The minimum Gasteiger partial charge on any atom is -0.465 e. The van der Waals surface area contributed by atoms with Crippen molar-refractivity contribution in [1.82, 2.24) is 4.90 Å². The summed E-state index contributed by atoms with van der Waals surface area (Å²) in [6.07, 6.45) is 2.94. The normalized spacial score (nSPS) is 40.7. The Morgan fingerprint density at radius 3 is 3.06 bits per heavy atom. The minimum absolute atomic E-state index is 0.0374. The summed E-state index contributed by atoms with van der Waals surface area (Å²) in [6.45, 7) is 2.22. The smallest absolute Gasteiger partial charge is 0.293 e. The van der Waals surface area contributed by atoms with Gasteiger partial charge >= 0.3 is 0 Å². The predicted octanol–water partition coefficient (Wildman–Crippen LogP) is 0.185. The van der Waals surface area contributed by atoms with Crippen LogP contribution in [-0.4, -0.2) is 49.2 Å². The zero-order valence-electron chi connectivity index (χ0n) is 9.71. The van der Waals surface area contributed by atoms with Gasteiger partial charge in [0.2, 0.25) is 5.91 Å². The van der Waals surface area contributed by atoms with Crippen molar-refractivity contribution in [2.24, 2.45) is 11.8 Å². The molecular formula is C12H17NO4. The molecule has 2 saturated heterocycles. The lowest BCUT2D eigenvalue weighted by Gasteiger charge is -2.50. The summed E-state index contributed by atoms with van der Waals surface area (Å²) in [5, 5.41) is 0. The molecule has 0 aromatic carbocycles. The molecule has 0 spiro atoms. The molecule has 5 nitrogen and oxygen atoms in total. The maximum Gasteiger partial charge on any atom is 0.293 e. The average Bonchev–Trinajstić information content (AvgIpc) is 2.31. The molecule has 1 aliphatic carbocycles. The number of carbonyl (C=O) groups excluding carboxylic acids is 2. The number of piperidine rings is 1. The fourth-order valence-electron chi connectivity index (χ4n) is 3.61. The van der Waals surface area contributed by atoms with Crippen molar-refractivity contribution >= 4 is 12.4 Å². The molecule has 2 bridgehead atoms. The van der Waals surface area contributed by atoms with Gasteiger partial charge in [-0.25, -0.2) is 0 Å². The first-order valence-corrected chi connectivity index (χ1v) is 6.24. The van der Waals surface area contributed by atoms with Gasteiger partial charge in [-0.05, 0) is 31.1 Å². The van der Waals surface area contributed by atoms with Crippen LogP contribution in [0.25, 0.3) is 0 Å². The quantitative estimate of drug-likeness (QED) is 0.645. The van der Waals surface area contributed by atoms with Gasteiger partial charge in [0.25, 0.3) is 6.47 Å². The topological polar surface area (TPSA) is 55.8 Å². The molecule has 3 aliphatic rings. The molecule has 1 amide bonds. The fourth-order valence-corrected chi connectivity index (χ4v) is 3.61. The highest BCUT2D eigenvalue weighted by atomic mass is 16.5. The summed E-state index contributed by atoms with van der Waals surface area (Å²) in [5.41, 5.74) is 0. The summed E-state index contributed by atoms with van der Waals surface area (Å²) in [5.74, 6) is 1.03. The Balaban J connectivity index is 1.75. The minimum atomic E-state index is 0.0374. The monoisotopic (exact) mass is 239 g/mol. The Bertz CT molecular complexity index is 332. The molecule has 3 rings (SSSR count). The average molecular weight is 239 g/mol. The van der Waals surface area contributed by atoms with Crippen LogP contribution in [0.3, 0.4) is 0 Å². The third-order valence-corrected chi connectivity index (χ3v) is 4.28. The third kappa shape index (κ3) is 1.92. The van der Waals surface area contributed by atoms with E-state index in [-0.39, 0.29) is 24.7 Å². The molecule has 3 fully saturated rings. The van der Waals surface area contributed by atoms with Gasteiger partial charge in [0, 0.05) is 6.54 Å². The van der Waals surface area contributed by atoms with Gasteiger partial charge in [-0.1, -0.05) is 0 Å². The highest BCUT2D eigenvalue weighted by molar-refractivity contribution is 5.78. The largest absolute Gasteiger partial charge is 0.465 e. The van der Waals surface area contributed by atoms with Gasteiger partial charge in [-0.2, -0.15) is 0 Å². The molecule has 0 aromatic heterocycles. The third-order valence-electron chi connectivity index (χ3n) is 4.28. The first-order chi connectivity index (χ1) is 8.28. The SMILES string of the molecule is O=CO[C@H]1C[C@H]2C[C@@H](C1)[C@H]1COCC(=O)N1C2. The lowest BCUT2D eigenvalue weighted by molar-refractivity contribution is -0.164. The summed E-state index contributed by atoms with van der Waals surface area (Å²) < 4.78 is 10.4. The molecule has 94 valence electrons. The first-order valence-electron chi connectivity index (χ1n) is 6.24. The van der Waals surface area contributed by atoms with Gasteiger partial charge in [-0.15, -0.1) is 0 Å². The van der Waals surface area contributed by atoms with E-state index in [4.69, 9.17) is 9.47 Å². The van der Waals surface area contributed by atoms with Crippen molar-refractivity contribution < 1.29 is 19.1 Å². The standard InChI is InChI=1S/C12H17NO4/c14-7-17-10-2-8-1-9(3-10)11-5-16-6-12(15)13(11)4-8/h7-11H,1-6H2/t8-,9+,10+,11-/m1/s1. The molecular weight excluding hydrogens is 222 g/mol. The van der Waals surface area contributed by atoms with E-state index in [9.17, 15) is 9.59 Å². The second-order valence-corrected chi connectivity index (χ2v) is 5.32. The zero-order valence-corrected chi connectivity index (χ0v) is 9.71. The van der Waals surface area contributed by atoms with E-state index >= 15 is 0 Å². The van der Waals surface area contributed by atoms with Crippen LogP contribution in [0.15, 0.2) is 0 Å². The second kappa shape index (κ2) is 4.29. The van der Waals surface area contributed by atoms with E-state index in [1.54, 1.807) is 0 Å². The molecule has 2 heterocycles. The summed E-state index contributed by atoms with van der Waals surface area (Å²) >= 11 is 0. The van der Waals surface area contributed by atoms with Crippen molar-refractivity contribution in [3.63, 3.8) is 0 Å². The van der Waals surface area contributed by atoms with Gasteiger partial charge in [0.05, 0.1) is 12.6 Å². The molecule has 0 radical (unpaired) electrons. The van der Waals surface area contributed by atoms with E-state index < -0.39 is 0 Å². The summed E-state index contributed by atoms with van der Waals surface area (Å²) in [7, 11) is 0. The number of hydrogen-bond acceptors (Lipinski definition) is 4. The molecule has 0 unspecified atom stereocenters. The molecule has 17 heavy (non-hydrogen) atoms. The summed E-state index contributed by atoms with van der Waals surface area (Å²) in [6, 6.07) is 0.200. The summed E-state index contributed by atoms with van der Waals surface area (Å²) in [4.78, 5) is 24.2. The van der Waals surface area contributed by atoms with Gasteiger partial charge in [-0.3, -0.25) is 9.59 Å². The van der Waals surface area contributed by atoms with E-state index in [1.165, 1.54) is 0 Å². The van der Waals surface area contributed by atoms with Gasteiger partial charge < -0.3 is 14.4 Å². The molecule has 4 atom stereocenters. The van der Waals surface area contributed by atoms with E-state index in [0.29, 0.717) is 24.9 Å². The van der Waals surface area contributed by atoms with Crippen LogP contribution in [0, 0.1) is 11.8 Å². The van der Waals surface area contributed by atoms with Crippen LogP contribution in [0.5, 0.6) is 0 Å². The maximum absolute atomic E-state index is 11.8. The Labute approximate surface area is 100 Å². The Hall–Kier alpha value is -1.10. The van der Waals surface area contributed by atoms with E-state index in [1.807, 2.05) is 4.90 Å². The molecule has 5 heteroatoms. The van der Waals surface area contributed by atoms with Crippen LogP contribution in [0.2, 0.25) is 0 Å². The Kier molecular flexibility index (Phi) is 2.78. The Morgan fingerprint density at radius 1 is 1.35 bits per heavy atom. The Morgan fingerprint density at radius 2 is 2.24 bits per heavy atom. The lowest BCUT2D eigenvalue weighted by atomic mass is 9.72. The van der Waals surface area contributed by atoms with Gasteiger partial charge in [0.1, 0.15) is 12.7 Å². The van der Waals surface area contributed by atoms with E-state index in [0.717, 1.165) is 25.8 Å². The number of rotatable bonds is 2. The maximum atomic E-state index is 11.8.